The summed E-state index contributed by atoms with van der Waals surface area (Å²) in [6.07, 6.45) is 0. The molecule has 128 valence electrons. The Morgan fingerprint density at radius 1 is 0.519 bits per heavy atom. The number of halogens is 1. The second kappa shape index (κ2) is 6.49. The molecule has 4 aromatic carbocycles. The maximum absolute atomic E-state index is 6.23. The number of hydrogen-bond donors (Lipinski definition) is 0. The van der Waals surface area contributed by atoms with Gasteiger partial charge in [-0.1, -0.05) is 84.9 Å². The topological polar surface area (TPSA) is 25.8 Å². The second-order valence-corrected chi connectivity index (χ2v) is 6.77. The molecule has 27 heavy (non-hydrogen) atoms. The summed E-state index contributed by atoms with van der Waals surface area (Å²) in [6, 6.07) is 31.2. The standard InChI is InChI=1S/C24H15ClN2/c25-24-26-22-13-7-6-12-21(22)23(27-24)20-15-14-17(16-8-2-1-3-9-16)18-10-4-5-11-19(18)20/h1-15H. The van der Waals surface area contributed by atoms with Crippen LogP contribution in [-0.4, -0.2) is 9.97 Å². The zero-order valence-corrected chi connectivity index (χ0v) is 15.2. The van der Waals surface area contributed by atoms with Crippen LogP contribution in [0.4, 0.5) is 0 Å². The van der Waals surface area contributed by atoms with Gasteiger partial charge < -0.3 is 0 Å². The molecule has 0 radical (unpaired) electrons. The molecular weight excluding hydrogens is 352 g/mol. The molecule has 0 atom stereocenters. The van der Waals surface area contributed by atoms with Crippen molar-refractivity contribution in [2.75, 3.05) is 0 Å². The third-order valence-corrected chi connectivity index (χ3v) is 5.01. The predicted octanol–water partition coefficient (Wildman–Crippen LogP) is 6.77. The van der Waals surface area contributed by atoms with Crippen molar-refractivity contribution < 1.29 is 0 Å². The fourth-order valence-corrected chi connectivity index (χ4v) is 3.80. The molecule has 1 heterocycles. The number of hydrogen-bond acceptors (Lipinski definition) is 2. The molecule has 3 heteroatoms. The highest BCUT2D eigenvalue weighted by Gasteiger charge is 2.14. The third kappa shape index (κ3) is 2.75. The molecule has 0 saturated heterocycles. The van der Waals surface area contributed by atoms with Crippen molar-refractivity contribution in [1.29, 1.82) is 0 Å². The predicted molar refractivity (Wildman–Crippen MR) is 113 cm³/mol. The van der Waals surface area contributed by atoms with E-state index in [9.17, 15) is 0 Å². The van der Waals surface area contributed by atoms with E-state index in [0.29, 0.717) is 0 Å². The van der Waals surface area contributed by atoms with Gasteiger partial charge in [-0.05, 0) is 39.6 Å². The molecule has 0 N–H and O–H groups in total. The summed E-state index contributed by atoms with van der Waals surface area (Å²) < 4.78 is 0. The van der Waals surface area contributed by atoms with Crippen LogP contribution in [0.5, 0.6) is 0 Å². The summed E-state index contributed by atoms with van der Waals surface area (Å²) in [4.78, 5) is 8.94. The maximum Gasteiger partial charge on any atom is 0.223 e. The van der Waals surface area contributed by atoms with E-state index in [1.807, 2.05) is 30.3 Å². The average Bonchev–Trinajstić information content (AvgIpc) is 2.73. The number of nitrogens with zero attached hydrogens (tertiary/aromatic N) is 2. The molecule has 0 aliphatic heterocycles. The molecule has 0 bridgehead atoms. The van der Waals surface area contributed by atoms with Crippen LogP contribution in [0, 0.1) is 0 Å². The van der Waals surface area contributed by atoms with E-state index in [1.54, 1.807) is 0 Å². The van der Waals surface area contributed by atoms with Crippen LogP contribution in [-0.2, 0) is 0 Å². The van der Waals surface area contributed by atoms with Gasteiger partial charge in [-0.2, -0.15) is 0 Å². The van der Waals surface area contributed by atoms with Gasteiger partial charge >= 0.3 is 0 Å². The first-order valence-corrected chi connectivity index (χ1v) is 9.19. The zero-order valence-electron chi connectivity index (χ0n) is 14.4. The van der Waals surface area contributed by atoms with E-state index >= 15 is 0 Å². The van der Waals surface area contributed by atoms with Gasteiger partial charge in [-0.25, -0.2) is 9.97 Å². The Hall–Kier alpha value is -3.23. The lowest BCUT2D eigenvalue weighted by Gasteiger charge is -2.13. The van der Waals surface area contributed by atoms with Crippen molar-refractivity contribution in [1.82, 2.24) is 9.97 Å². The van der Waals surface area contributed by atoms with E-state index < -0.39 is 0 Å². The van der Waals surface area contributed by atoms with Gasteiger partial charge in [0.1, 0.15) is 0 Å². The molecule has 0 fully saturated rings. The van der Waals surface area contributed by atoms with E-state index in [-0.39, 0.29) is 5.28 Å². The Labute approximate surface area is 162 Å². The Morgan fingerprint density at radius 3 is 1.89 bits per heavy atom. The Bertz CT molecular complexity index is 1280. The lowest BCUT2D eigenvalue weighted by Crippen LogP contribution is -1.93. The van der Waals surface area contributed by atoms with Crippen LogP contribution in [0.25, 0.3) is 44.1 Å². The van der Waals surface area contributed by atoms with Gasteiger partial charge in [0, 0.05) is 10.9 Å². The molecular formula is C24H15ClN2. The monoisotopic (exact) mass is 366 g/mol. The van der Waals surface area contributed by atoms with Gasteiger partial charge in [0.15, 0.2) is 0 Å². The summed E-state index contributed by atoms with van der Waals surface area (Å²) in [5, 5.41) is 3.61. The van der Waals surface area contributed by atoms with Crippen LogP contribution in [0.15, 0.2) is 91.0 Å². The third-order valence-electron chi connectivity index (χ3n) is 4.84. The maximum atomic E-state index is 6.23. The Balaban J connectivity index is 1.85. The number of fused-ring (bicyclic) bond motifs is 2. The summed E-state index contributed by atoms with van der Waals surface area (Å²) in [6.45, 7) is 0. The molecule has 0 aliphatic carbocycles. The number of para-hydroxylation sites is 1. The lowest BCUT2D eigenvalue weighted by molar-refractivity contribution is 1.23. The highest BCUT2D eigenvalue weighted by molar-refractivity contribution is 6.29. The first kappa shape index (κ1) is 16.0. The van der Waals surface area contributed by atoms with Gasteiger partial charge in [0.2, 0.25) is 5.28 Å². The van der Waals surface area contributed by atoms with Crippen LogP contribution in [0.3, 0.4) is 0 Å². The van der Waals surface area contributed by atoms with Crippen molar-refractivity contribution in [3.8, 4) is 22.4 Å². The van der Waals surface area contributed by atoms with E-state index in [0.717, 1.165) is 27.5 Å². The second-order valence-electron chi connectivity index (χ2n) is 6.43. The minimum Gasteiger partial charge on any atom is -0.218 e. The number of aromatic nitrogens is 2. The lowest BCUT2D eigenvalue weighted by atomic mass is 9.93. The number of rotatable bonds is 2. The fourth-order valence-electron chi connectivity index (χ4n) is 3.63. The van der Waals surface area contributed by atoms with Crippen LogP contribution in [0.2, 0.25) is 5.28 Å². The quantitative estimate of drug-likeness (QED) is 0.322. The summed E-state index contributed by atoms with van der Waals surface area (Å²) in [5.41, 5.74) is 5.18. The molecule has 0 amide bonds. The highest BCUT2D eigenvalue weighted by Crippen LogP contribution is 2.37. The van der Waals surface area contributed by atoms with Gasteiger partial charge in [-0.3, -0.25) is 0 Å². The molecule has 2 nitrogen and oxygen atoms in total. The summed E-state index contributed by atoms with van der Waals surface area (Å²) >= 11 is 6.23. The SMILES string of the molecule is Clc1nc(-c2ccc(-c3ccccc3)c3ccccc23)c2ccccc2n1. The molecule has 0 saturated carbocycles. The van der Waals surface area contributed by atoms with Crippen LogP contribution < -0.4 is 0 Å². The van der Waals surface area contributed by atoms with Crippen LogP contribution in [0.1, 0.15) is 0 Å². The minimum absolute atomic E-state index is 0.264. The largest absolute Gasteiger partial charge is 0.223 e. The summed E-state index contributed by atoms with van der Waals surface area (Å²) in [5.74, 6) is 0. The Morgan fingerprint density at radius 2 is 1.11 bits per heavy atom. The van der Waals surface area contributed by atoms with Crippen molar-refractivity contribution in [2.24, 2.45) is 0 Å². The van der Waals surface area contributed by atoms with Gasteiger partial charge in [0.25, 0.3) is 0 Å². The zero-order chi connectivity index (χ0) is 18.2. The minimum atomic E-state index is 0.264. The molecule has 1 aromatic heterocycles. The van der Waals surface area contributed by atoms with E-state index in [4.69, 9.17) is 11.6 Å². The number of benzene rings is 4. The molecule has 0 spiro atoms. The normalized spacial score (nSPS) is 11.1. The smallest absolute Gasteiger partial charge is 0.218 e. The van der Waals surface area contributed by atoms with Crippen LogP contribution >= 0.6 is 11.6 Å². The van der Waals surface area contributed by atoms with Crippen molar-refractivity contribution in [3.63, 3.8) is 0 Å². The average molecular weight is 367 g/mol. The molecule has 0 aliphatic rings. The first-order valence-electron chi connectivity index (χ1n) is 8.81. The van der Waals surface area contributed by atoms with E-state index in [2.05, 4.69) is 70.6 Å². The molecule has 0 unspecified atom stereocenters. The van der Waals surface area contributed by atoms with Gasteiger partial charge in [0.05, 0.1) is 11.2 Å². The van der Waals surface area contributed by atoms with E-state index in [1.165, 1.54) is 16.5 Å². The first-order chi connectivity index (χ1) is 13.3. The Kier molecular flexibility index (Phi) is 3.84. The van der Waals surface area contributed by atoms with Crippen molar-refractivity contribution >= 4 is 33.3 Å². The highest BCUT2D eigenvalue weighted by atomic mass is 35.5. The summed E-state index contributed by atoms with van der Waals surface area (Å²) in [7, 11) is 0. The molecule has 5 aromatic rings. The van der Waals surface area contributed by atoms with Crippen molar-refractivity contribution in [2.45, 2.75) is 0 Å². The fraction of sp³-hybridized carbons (Fsp3) is 0. The molecule has 5 rings (SSSR count). The van der Waals surface area contributed by atoms with Gasteiger partial charge in [-0.15, -0.1) is 0 Å². The van der Waals surface area contributed by atoms with Crippen molar-refractivity contribution in [3.05, 3.63) is 96.3 Å².